The second-order valence-corrected chi connectivity index (χ2v) is 8.35. The van der Waals surface area contributed by atoms with Gasteiger partial charge < -0.3 is 24.8 Å². The van der Waals surface area contributed by atoms with Crippen LogP contribution < -0.4 is 29.6 Å². The van der Waals surface area contributed by atoms with Crippen LogP contribution in [0.15, 0.2) is 59.8 Å². The third-order valence-corrected chi connectivity index (χ3v) is 5.70. The molecule has 0 spiro atoms. The first-order valence-electron chi connectivity index (χ1n) is 9.13. The summed E-state index contributed by atoms with van der Waals surface area (Å²) in [4.78, 5) is 7.78. The SMILES string of the molecule is COc1cc(NC(=S)Nc2ccc(S(=O)(=O)Nc3cc(OC)ncn3)cc2)cc(OC)c1. The van der Waals surface area contributed by atoms with Gasteiger partial charge in [-0.3, -0.25) is 4.72 Å². The Balaban J connectivity index is 1.67. The molecule has 0 saturated carbocycles. The standard InChI is InChI=1S/C20H21N5O5S2/c1-28-15-8-14(9-16(10-15)29-2)24-20(31)23-13-4-6-17(7-5-13)32(26,27)25-18-11-19(30-3)22-12-21-18/h4-12H,1-3H3,(H,21,22,25)(H2,23,24,31). The quantitative estimate of drug-likeness (QED) is 0.419. The molecular weight excluding hydrogens is 454 g/mol. The van der Waals surface area contributed by atoms with Crippen molar-refractivity contribution in [2.45, 2.75) is 4.90 Å². The topological polar surface area (TPSA) is 124 Å². The molecule has 0 unspecified atom stereocenters. The number of benzene rings is 2. The van der Waals surface area contributed by atoms with Gasteiger partial charge >= 0.3 is 0 Å². The van der Waals surface area contributed by atoms with Crippen LogP contribution in [0, 0.1) is 0 Å². The Kier molecular flexibility index (Phi) is 7.28. The summed E-state index contributed by atoms with van der Waals surface area (Å²) in [6, 6.07) is 12.7. The highest BCUT2D eigenvalue weighted by Crippen LogP contribution is 2.26. The first-order valence-corrected chi connectivity index (χ1v) is 11.0. The lowest BCUT2D eigenvalue weighted by Crippen LogP contribution is -2.19. The molecule has 32 heavy (non-hydrogen) atoms. The Morgan fingerprint density at radius 3 is 2.06 bits per heavy atom. The maximum Gasteiger partial charge on any atom is 0.263 e. The number of ether oxygens (including phenoxy) is 3. The van der Waals surface area contributed by atoms with Gasteiger partial charge in [0.25, 0.3) is 10.0 Å². The Morgan fingerprint density at radius 2 is 1.47 bits per heavy atom. The summed E-state index contributed by atoms with van der Waals surface area (Å²) in [5.74, 6) is 1.56. The predicted molar refractivity (Wildman–Crippen MR) is 125 cm³/mol. The third kappa shape index (κ3) is 5.95. The van der Waals surface area contributed by atoms with E-state index in [2.05, 4.69) is 25.3 Å². The minimum atomic E-state index is -3.85. The second-order valence-electron chi connectivity index (χ2n) is 6.26. The first kappa shape index (κ1) is 23.0. The molecule has 1 aromatic heterocycles. The number of anilines is 3. The Morgan fingerprint density at radius 1 is 0.844 bits per heavy atom. The fraction of sp³-hybridized carbons (Fsp3) is 0.150. The highest BCUT2D eigenvalue weighted by Gasteiger charge is 2.15. The molecule has 0 radical (unpaired) electrons. The van der Waals surface area contributed by atoms with Gasteiger partial charge in [-0.05, 0) is 36.5 Å². The van der Waals surface area contributed by atoms with Gasteiger partial charge in [0, 0.05) is 35.6 Å². The van der Waals surface area contributed by atoms with Crippen molar-refractivity contribution in [3.63, 3.8) is 0 Å². The number of hydrogen-bond acceptors (Lipinski definition) is 8. The number of sulfonamides is 1. The monoisotopic (exact) mass is 475 g/mol. The number of nitrogens with one attached hydrogen (secondary N) is 3. The van der Waals surface area contributed by atoms with Crippen LogP contribution in [0.3, 0.4) is 0 Å². The van der Waals surface area contributed by atoms with Gasteiger partial charge in [0.05, 0.1) is 26.2 Å². The lowest BCUT2D eigenvalue weighted by molar-refractivity contribution is 0.395. The molecule has 12 heteroatoms. The minimum absolute atomic E-state index is 0.0528. The molecule has 0 aliphatic carbocycles. The molecule has 3 aromatic rings. The fourth-order valence-corrected chi connectivity index (χ4v) is 3.83. The maximum atomic E-state index is 12.6. The summed E-state index contributed by atoms with van der Waals surface area (Å²) >= 11 is 5.33. The number of nitrogens with zero attached hydrogens (tertiary/aromatic N) is 2. The van der Waals surface area contributed by atoms with E-state index in [9.17, 15) is 8.42 Å². The van der Waals surface area contributed by atoms with Gasteiger partial charge in [-0.2, -0.15) is 0 Å². The molecule has 0 aliphatic heterocycles. The Labute approximate surface area is 191 Å². The summed E-state index contributed by atoms with van der Waals surface area (Å²) in [5.41, 5.74) is 1.27. The van der Waals surface area contributed by atoms with Crippen LogP contribution in [0.2, 0.25) is 0 Å². The number of rotatable bonds is 8. The van der Waals surface area contributed by atoms with Gasteiger partial charge in [-0.25, -0.2) is 18.4 Å². The Bertz CT molecular complexity index is 1180. The maximum absolute atomic E-state index is 12.6. The molecule has 0 saturated heterocycles. The molecule has 3 rings (SSSR count). The molecule has 168 valence electrons. The average Bonchev–Trinajstić information content (AvgIpc) is 2.78. The first-order chi connectivity index (χ1) is 15.3. The number of aromatic nitrogens is 2. The van der Waals surface area contributed by atoms with Gasteiger partial charge in [-0.15, -0.1) is 0 Å². The van der Waals surface area contributed by atoms with E-state index < -0.39 is 10.0 Å². The third-order valence-electron chi connectivity index (χ3n) is 4.12. The van der Waals surface area contributed by atoms with Crippen LogP contribution in [-0.2, 0) is 10.0 Å². The van der Waals surface area contributed by atoms with Crippen molar-refractivity contribution in [1.29, 1.82) is 0 Å². The lowest BCUT2D eigenvalue weighted by Gasteiger charge is -2.13. The molecule has 0 fully saturated rings. The zero-order valence-corrected chi connectivity index (χ0v) is 19.1. The summed E-state index contributed by atoms with van der Waals surface area (Å²) < 4.78 is 43.0. The van der Waals surface area contributed by atoms with Gasteiger partial charge in [-0.1, -0.05) is 0 Å². The van der Waals surface area contributed by atoms with Gasteiger partial charge in [0.15, 0.2) is 5.11 Å². The summed E-state index contributed by atoms with van der Waals surface area (Å²) in [7, 11) is 0.692. The minimum Gasteiger partial charge on any atom is -0.497 e. The molecular formula is C20H21N5O5S2. The molecule has 0 aliphatic rings. The number of thiocarbonyl (C=S) groups is 1. The van der Waals surface area contributed by atoms with Crippen molar-refractivity contribution >= 4 is 44.5 Å². The van der Waals surface area contributed by atoms with Crippen LogP contribution in [-0.4, -0.2) is 44.8 Å². The number of hydrogen-bond donors (Lipinski definition) is 3. The van der Waals surface area contributed by atoms with E-state index in [1.165, 1.54) is 31.6 Å². The molecule has 0 atom stereocenters. The zero-order chi connectivity index (χ0) is 23.1. The van der Waals surface area contributed by atoms with Crippen molar-refractivity contribution in [3.8, 4) is 17.4 Å². The van der Waals surface area contributed by atoms with Crippen molar-refractivity contribution < 1.29 is 22.6 Å². The molecule has 0 bridgehead atoms. The normalized spacial score (nSPS) is 10.7. The van der Waals surface area contributed by atoms with Gasteiger partial charge in [0.2, 0.25) is 5.88 Å². The Hall–Kier alpha value is -3.64. The van der Waals surface area contributed by atoms with Crippen LogP contribution in [0.4, 0.5) is 17.2 Å². The molecule has 0 amide bonds. The van der Waals surface area contributed by atoms with E-state index in [0.29, 0.717) is 28.0 Å². The summed E-state index contributed by atoms with van der Waals surface area (Å²) in [5, 5.41) is 6.33. The smallest absolute Gasteiger partial charge is 0.263 e. The van der Waals surface area contributed by atoms with Crippen molar-refractivity contribution in [2.75, 3.05) is 36.7 Å². The van der Waals surface area contributed by atoms with Crippen LogP contribution in [0.5, 0.6) is 17.4 Å². The van der Waals surface area contributed by atoms with E-state index in [4.69, 9.17) is 26.4 Å². The van der Waals surface area contributed by atoms with Crippen LogP contribution in [0.25, 0.3) is 0 Å². The highest BCUT2D eigenvalue weighted by atomic mass is 32.2. The molecule has 10 nitrogen and oxygen atoms in total. The van der Waals surface area contributed by atoms with Crippen molar-refractivity contribution in [2.24, 2.45) is 0 Å². The van der Waals surface area contributed by atoms with Crippen LogP contribution >= 0.6 is 12.2 Å². The molecule has 2 aromatic carbocycles. The lowest BCUT2D eigenvalue weighted by atomic mass is 10.3. The predicted octanol–water partition coefficient (Wildman–Crippen LogP) is 3.11. The summed E-state index contributed by atoms with van der Waals surface area (Å²) in [6.45, 7) is 0. The second kappa shape index (κ2) is 10.1. The zero-order valence-electron chi connectivity index (χ0n) is 17.4. The van der Waals surface area contributed by atoms with E-state index in [-0.39, 0.29) is 16.6 Å². The van der Waals surface area contributed by atoms with Gasteiger partial charge in [0.1, 0.15) is 23.6 Å². The van der Waals surface area contributed by atoms with E-state index in [1.54, 1.807) is 44.6 Å². The largest absolute Gasteiger partial charge is 0.497 e. The molecule has 1 heterocycles. The van der Waals surface area contributed by atoms with Crippen molar-refractivity contribution in [3.05, 3.63) is 54.9 Å². The van der Waals surface area contributed by atoms with E-state index in [0.717, 1.165) is 0 Å². The van der Waals surface area contributed by atoms with Crippen molar-refractivity contribution in [1.82, 2.24) is 9.97 Å². The average molecular weight is 476 g/mol. The molecule has 3 N–H and O–H groups in total. The number of methoxy groups -OCH3 is 3. The van der Waals surface area contributed by atoms with Crippen LogP contribution in [0.1, 0.15) is 0 Å². The van der Waals surface area contributed by atoms with E-state index in [1.807, 2.05) is 0 Å². The fourth-order valence-electron chi connectivity index (χ4n) is 2.59. The summed E-state index contributed by atoms with van der Waals surface area (Å²) in [6.07, 6.45) is 1.20. The van der Waals surface area contributed by atoms with E-state index >= 15 is 0 Å². The highest BCUT2D eigenvalue weighted by molar-refractivity contribution is 7.92.